The van der Waals surface area contributed by atoms with Crippen molar-refractivity contribution in [2.24, 2.45) is 11.7 Å². The van der Waals surface area contributed by atoms with Crippen LogP contribution in [0.3, 0.4) is 0 Å². The van der Waals surface area contributed by atoms with E-state index in [0.29, 0.717) is 25.2 Å². The second-order valence-electron chi connectivity index (χ2n) is 4.99. The highest BCUT2D eigenvalue weighted by molar-refractivity contribution is 9.10. The molecule has 6 nitrogen and oxygen atoms in total. The SMILES string of the molecule is NC(=O)CC1CCN(c2cc(Br)ccc2[N+](=O)[O-])CC1. The second kappa shape index (κ2) is 6.21. The smallest absolute Gasteiger partial charge is 0.292 e. The third-order valence-corrected chi connectivity index (χ3v) is 4.07. The van der Waals surface area contributed by atoms with E-state index in [-0.39, 0.29) is 22.4 Å². The van der Waals surface area contributed by atoms with E-state index in [1.807, 2.05) is 4.90 Å². The molecular formula is C13H16BrN3O3. The van der Waals surface area contributed by atoms with Crippen molar-refractivity contribution in [2.75, 3.05) is 18.0 Å². The maximum Gasteiger partial charge on any atom is 0.292 e. The molecule has 108 valence electrons. The van der Waals surface area contributed by atoms with Gasteiger partial charge in [-0.25, -0.2) is 0 Å². The summed E-state index contributed by atoms with van der Waals surface area (Å²) in [6.45, 7) is 1.41. The minimum Gasteiger partial charge on any atom is -0.370 e. The summed E-state index contributed by atoms with van der Waals surface area (Å²) in [5, 5.41) is 11.1. The summed E-state index contributed by atoms with van der Waals surface area (Å²) in [7, 11) is 0. The van der Waals surface area contributed by atoms with Gasteiger partial charge in [0.2, 0.25) is 5.91 Å². The summed E-state index contributed by atoms with van der Waals surface area (Å²) in [5.41, 5.74) is 5.94. The normalized spacial score (nSPS) is 16.1. The third-order valence-electron chi connectivity index (χ3n) is 3.58. The number of benzene rings is 1. The number of nitrogens with two attached hydrogens (primary N) is 1. The Hall–Kier alpha value is -1.63. The van der Waals surface area contributed by atoms with Gasteiger partial charge in [0.25, 0.3) is 5.69 Å². The molecule has 1 aliphatic rings. The number of hydrogen-bond acceptors (Lipinski definition) is 4. The molecule has 7 heteroatoms. The minimum atomic E-state index is -0.364. The molecule has 1 amide bonds. The predicted molar refractivity (Wildman–Crippen MR) is 79.5 cm³/mol. The Morgan fingerprint density at radius 3 is 2.65 bits per heavy atom. The molecule has 2 rings (SSSR count). The van der Waals surface area contributed by atoms with Crippen LogP contribution in [0.5, 0.6) is 0 Å². The molecule has 1 heterocycles. The molecule has 0 bridgehead atoms. The molecule has 0 spiro atoms. The van der Waals surface area contributed by atoms with Crippen LogP contribution in [0.2, 0.25) is 0 Å². The molecule has 2 N–H and O–H groups in total. The predicted octanol–water partition coefficient (Wildman–Crippen LogP) is 2.45. The third kappa shape index (κ3) is 3.47. The van der Waals surface area contributed by atoms with Crippen LogP contribution in [-0.4, -0.2) is 23.9 Å². The number of carbonyl (C=O) groups excluding carboxylic acids is 1. The van der Waals surface area contributed by atoms with Crippen LogP contribution in [0.15, 0.2) is 22.7 Å². The minimum absolute atomic E-state index is 0.113. The van der Waals surface area contributed by atoms with E-state index in [2.05, 4.69) is 15.9 Å². The van der Waals surface area contributed by atoms with Gasteiger partial charge >= 0.3 is 0 Å². The largest absolute Gasteiger partial charge is 0.370 e. The summed E-state index contributed by atoms with van der Waals surface area (Å²) in [6.07, 6.45) is 2.05. The fourth-order valence-corrected chi connectivity index (χ4v) is 2.92. The Labute approximate surface area is 125 Å². The van der Waals surface area contributed by atoms with Gasteiger partial charge in [-0.15, -0.1) is 0 Å². The highest BCUT2D eigenvalue weighted by Gasteiger charge is 2.25. The highest BCUT2D eigenvalue weighted by Crippen LogP contribution is 2.34. The lowest BCUT2D eigenvalue weighted by Crippen LogP contribution is -2.35. The van der Waals surface area contributed by atoms with Crippen molar-refractivity contribution in [2.45, 2.75) is 19.3 Å². The van der Waals surface area contributed by atoms with Gasteiger partial charge in [0.15, 0.2) is 0 Å². The lowest BCUT2D eigenvalue weighted by molar-refractivity contribution is -0.384. The van der Waals surface area contributed by atoms with E-state index in [9.17, 15) is 14.9 Å². The Bertz CT molecular complexity index is 528. The van der Waals surface area contributed by atoms with E-state index >= 15 is 0 Å². The number of halogens is 1. The fourth-order valence-electron chi connectivity index (χ4n) is 2.57. The number of nitrogens with zero attached hydrogens (tertiary/aromatic N) is 2. The monoisotopic (exact) mass is 341 g/mol. The lowest BCUT2D eigenvalue weighted by atomic mass is 9.93. The molecule has 1 aliphatic heterocycles. The van der Waals surface area contributed by atoms with Crippen molar-refractivity contribution >= 4 is 33.2 Å². The Morgan fingerprint density at radius 1 is 1.45 bits per heavy atom. The molecule has 0 saturated carbocycles. The van der Waals surface area contributed by atoms with Crippen molar-refractivity contribution in [3.05, 3.63) is 32.8 Å². The van der Waals surface area contributed by atoms with Gasteiger partial charge in [-0.05, 0) is 30.9 Å². The topological polar surface area (TPSA) is 89.5 Å². The van der Waals surface area contributed by atoms with Gasteiger partial charge in [-0.3, -0.25) is 14.9 Å². The maximum atomic E-state index is 11.1. The number of amides is 1. The van der Waals surface area contributed by atoms with E-state index in [1.165, 1.54) is 6.07 Å². The molecule has 0 aliphatic carbocycles. The van der Waals surface area contributed by atoms with Gasteiger partial charge in [0, 0.05) is 30.0 Å². The zero-order valence-electron chi connectivity index (χ0n) is 10.9. The summed E-state index contributed by atoms with van der Waals surface area (Å²) >= 11 is 3.35. The molecule has 1 saturated heterocycles. The van der Waals surface area contributed by atoms with E-state index < -0.39 is 0 Å². The number of primary amides is 1. The highest BCUT2D eigenvalue weighted by atomic mass is 79.9. The number of nitro groups is 1. The number of hydrogen-bond donors (Lipinski definition) is 1. The molecule has 0 radical (unpaired) electrons. The van der Waals surface area contributed by atoms with Crippen LogP contribution in [0.25, 0.3) is 0 Å². The molecular weight excluding hydrogens is 326 g/mol. The first-order valence-electron chi connectivity index (χ1n) is 6.44. The van der Waals surface area contributed by atoms with Gasteiger partial charge in [-0.2, -0.15) is 0 Å². The summed E-state index contributed by atoms with van der Waals surface area (Å²) in [6, 6.07) is 4.95. The van der Waals surface area contributed by atoms with Crippen molar-refractivity contribution in [3.63, 3.8) is 0 Å². The zero-order chi connectivity index (χ0) is 14.7. The number of piperidine rings is 1. The van der Waals surface area contributed by atoms with E-state index in [0.717, 1.165) is 17.3 Å². The van der Waals surface area contributed by atoms with Gasteiger partial charge in [-0.1, -0.05) is 15.9 Å². The van der Waals surface area contributed by atoms with Gasteiger partial charge < -0.3 is 10.6 Å². The number of anilines is 1. The van der Waals surface area contributed by atoms with E-state index in [4.69, 9.17) is 5.73 Å². The number of rotatable bonds is 4. The lowest BCUT2D eigenvalue weighted by Gasteiger charge is -2.32. The molecule has 1 aromatic rings. The van der Waals surface area contributed by atoms with E-state index in [1.54, 1.807) is 12.1 Å². The Morgan fingerprint density at radius 2 is 2.10 bits per heavy atom. The average molecular weight is 342 g/mol. The first kappa shape index (κ1) is 14.8. The summed E-state index contributed by atoms with van der Waals surface area (Å²) in [5.74, 6) is 0.00634. The number of carbonyl (C=O) groups is 1. The molecule has 20 heavy (non-hydrogen) atoms. The van der Waals surface area contributed by atoms with Crippen molar-refractivity contribution in [3.8, 4) is 0 Å². The van der Waals surface area contributed by atoms with Gasteiger partial charge in [0.05, 0.1) is 4.92 Å². The van der Waals surface area contributed by atoms with Crippen LogP contribution >= 0.6 is 15.9 Å². The molecule has 1 fully saturated rings. The number of nitro benzene ring substituents is 1. The van der Waals surface area contributed by atoms with Gasteiger partial charge in [0.1, 0.15) is 5.69 Å². The van der Waals surface area contributed by atoms with Crippen molar-refractivity contribution < 1.29 is 9.72 Å². The summed E-state index contributed by atoms with van der Waals surface area (Å²) < 4.78 is 0.817. The Kier molecular flexibility index (Phi) is 4.59. The molecule has 1 aromatic carbocycles. The standard InChI is InChI=1S/C13H16BrN3O3/c14-10-1-2-11(17(19)20)12(8-10)16-5-3-9(4-6-16)7-13(15)18/h1-2,8-9H,3-7H2,(H2,15,18). The van der Waals surface area contributed by atoms with Crippen LogP contribution < -0.4 is 10.6 Å². The zero-order valence-corrected chi connectivity index (χ0v) is 12.5. The second-order valence-corrected chi connectivity index (χ2v) is 5.91. The molecule has 0 atom stereocenters. The van der Waals surface area contributed by atoms with Crippen molar-refractivity contribution in [1.82, 2.24) is 0 Å². The fraction of sp³-hybridized carbons (Fsp3) is 0.462. The van der Waals surface area contributed by atoms with Crippen LogP contribution in [0, 0.1) is 16.0 Å². The quantitative estimate of drug-likeness (QED) is 0.672. The molecule has 0 aromatic heterocycles. The maximum absolute atomic E-state index is 11.1. The van der Waals surface area contributed by atoms with Crippen LogP contribution in [0.1, 0.15) is 19.3 Å². The van der Waals surface area contributed by atoms with Crippen molar-refractivity contribution in [1.29, 1.82) is 0 Å². The Balaban J connectivity index is 2.12. The van der Waals surface area contributed by atoms with Crippen LogP contribution in [0.4, 0.5) is 11.4 Å². The summed E-state index contributed by atoms with van der Waals surface area (Å²) in [4.78, 5) is 23.6. The average Bonchev–Trinajstić information content (AvgIpc) is 2.38. The van der Waals surface area contributed by atoms with Crippen LogP contribution in [-0.2, 0) is 4.79 Å². The first-order valence-corrected chi connectivity index (χ1v) is 7.24. The first-order chi connectivity index (χ1) is 9.47. The molecule has 0 unspecified atom stereocenters.